The second-order valence-electron chi connectivity index (χ2n) is 6.03. The van der Waals surface area contributed by atoms with Gasteiger partial charge in [0.05, 0.1) is 6.54 Å². The molecule has 0 saturated carbocycles. The molecule has 2 N–H and O–H groups in total. The number of unbranched alkanes of at least 4 members (excludes halogenated alkanes) is 3. The van der Waals surface area contributed by atoms with Crippen LogP contribution in [0.2, 0.25) is 0 Å². The van der Waals surface area contributed by atoms with Crippen LogP contribution >= 0.6 is 8.03 Å². The molecular weight excluding hydrogens is 331 g/mol. The van der Waals surface area contributed by atoms with Crippen molar-refractivity contribution in [3.8, 4) is 0 Å². The second kappa shape index (κ2) is 15.3. The first kappa shape index (κ1) is 22.8. The van der Waals surface area contributed by atoms with E-state index in [1.165, 1.54) is 0 Å². The number of amides is 2. The Hall–Kier alpha value is -1.20. The first-order valence-electron chi connectivity index (χ1n) is 8.63. The van der Waals surface area contributed by atoms with Gasteiger partial charge in [0.25, 0.3) is 0 Å². The zero-order valence-electron chi connectivity index (χ0n) is 15.1. The molecule has 0 aliphatic heterocycles. The predicted octanol–water partition coefficient (Wildman–Crippen LogP) is 3.21. The third-order valence-corrected chi connectivity index (χ3v) is 3.77. The SMILES string of the molecule is CC(C)CCC(=O)NCCOC(=O)NCCCCCCO[P+](C)=O. The van der Waals surface area contributed by atoms with E-state index in [1.807, 2.05) is 0 Å². The monoisotopic (exact) mass is 363 g/mol. The largest absolute Gasteiger partial charge is 0.504 e. The molecule has 0 aromatic heterocycles. The van der Waals surface area contributed by atoms with Crippen molar-refractivity contribution in [1.29, 1.82) is 0 Å². The molecule has 8 heteroatoms. The van der Waals surface area contributed by atoms with Crippen molar-refractivity contribution in [3.63, 3.8) is 0 Å². The molecule has 0 saturated heterocycles. The van der Waals surface area contributed by atoms with Crippen LogP contribution in [-0.4, -0.2) is 45.0 Å². The molecule has 0 rings (SSSR count). The van der Waals surface area contributed by atoms with E-state index < -0.39 is 14.1 Å². The topological polar surface area (TPSA) is 93.7 Å². The highest BCUT2D eigenvalue weighted by atomic mass is 31.1. The van der Waals surface area contributed by atoms with Gasteiger partial charge in [-0.15, -0.1) is 4.52 Å². The number of rotatable bonds is 14. The van der Waals surface area contributed by atoms with E-state index >= 15 is 0 Å². The van der Waals surface area contributed by atoms with Crippen LogP contribution in [0.15, 0.2) is 0 Å². The summed E-state index contributed by atoms with van der Waals surface area (Å²) in [7, 11) is -1.50. The van der Waals surface area contributed by atoms with Gasteiger partial charge in [-0.05, 0) is 29.7 Å². The van der Waals surface area contributed by atoms with Crippen LogP contribution in [0.4, 0.5) is 4.79 Å². The molecule has 0 aromatic carbocycles. The van der Waals surface area contributed by atoms with Crippen LogP contribution in [0, 0.1) is 5.92 Å². The van der Waals surface area contributed by atoms with Gasteiger partial charge < -0.3 is 15.4 Å². The number of hydrogen-bond donors (Lipinski definition) is 2. The summed E-state index contributed by atoms with van der Waals surface area (Å²) in [5.41, 5.74) is 0. The van der Waals surface area contributed by atoms with Crippen LogP contribution < -0.4 is 10.6 Å². The Morgan fingerprint density at radius 2 is 1.71 bits per heavy atom. The van der Waals surface area contributed by atoms with Crippen molar-refractivity contribution in [2.45, 2.75) is 52.4 Å². The van der Waals surface area contributed by atoms with Gasteiger partial charge in [0.1, 0.15) is 13.2 Å². The summed E-state index contributed by atoms with van der Waals surface area (Å²) in [6.07, 6.45) is 4.57. The van der Waals surface area contributed by atoms with Gasteiger partial charge in [-0.3, -0.25) is 4.79 Å². The Bertz CT molecular complexity index is 377. The Morgan fingerprint density at radius 3 is 2.38 bits per heavy atom. The van der Waals surface area contributed by atoms with E-state index in [0.717, 1.165) is 32.1 Å². The third-order valence-electron chi connectivity index (χ3n) is 3.22. The zero-order valence-corrected chi connectivity index (χ0v) is 16.0. The number of ether oxygens (including phenoxy) is 1. The molecular formula is C16H32N2O5P+. The minimum absolute atomic E-state index is 0.00990. The van der Waals surface area contributed by atoms with E-state index in [9.17, 15) is 14.2 Å². The molecule has 24 heavy (non-hydrogen) atoms. The van der Waals surface area contributed by atoms with Crippen molar-refractivity contribution in [2.24, 2.45) is 5.92 Å². The molecule has 2 amide bonds. The molecule has 1 unspecified atom stereocenters. The minimum atomic E-state index is -1.50. The minimum Gasteiger partial charge on any atom is -0.448 e. The molecule has 0 aliphatic rings. The van der Waals surface area contributed by atoms with Crippen LogP contribution in [0.1, 0.15) is 52.4 Å². The summed E-state index contributed by atoms with van der Waals surface area (Å²) in [4.78, 5) is 22.9. The normalized spacial score (nSPS) is 11.2. The molecule has 0 radical (unpaired) electrons. The molecule has 7 nitrogen and oxygen atoms in total. The van der Waals surface area contributed by atoms with Gasteiger partial charge in [-0.1, -0.05) is 26.7 Å². The van der Waals surface area contributed by atoms with Gasteiger partial charge in [-0.2, -0.15) is 0 Å². The quantitative estimate of drug-likeness (QED) is 0.365. The Balaban J connectivity index is 3.35. The summed E-state index contributed by atoms with van der Waals surface area (Å²) in [5, 5.41) is 5.39. The zero-order chi connectivity index (χ0) is 18.2. The molecule has 0 bridgehead atoms. The van der Waals surface area contributed by atoms with Crippen LogP contribution in [0.25, 0.3) is 0 Å². The van der Waals surface area contributed by atoms with E-state index in [4.69, 9.17) is 9.26 Å². The second-order valence-corrected chi connectivity index (χ2v) is 7.17. The average molecular weight is 363 g/mol. The van der Waals surface area contributed by atoms with Gasteiger partial charge >= 0.3 is 14.1 Å². The third kappa shape index (κ3) is 17.2. The van der Waals surface area contributed by atoms with E-state index in [-0.39, 0.29) is 12.5 Å². The summed E-state index contributed by atoms with van der Waals surface area (Å²) in [6.45, 7) is 7.27. The lowest BCUT2D eigenvalue weighted by atomic mass is 10.1. The lowest BCUT2D eigenvalue weighted by Crippen LogP contribution is -2.31. The summed E-state index contributed by atoms with van der Waals surface area (Å²) in [6, 6.07) is 0. The van der Waals surface area contributed by atoms with E-state index in [1.54, 1.807) is 6.66 Å². The van der Waals surface area contributed by atoms with Crippen LogP contribution in [0.3, 0.4) is 0 Å². The standard InChI is InChI=1S/C16H31N2O5P/c1-14(2)8-9-15(19)17-11-13-22-16(20)18-10-6-4-5-7-12-23-24(3)21/h14H,4-13H2,1-3H3,(H-,17,18,19,20)/p+1. The van der Waals surface area contributed by atoms with Crippen LogP contribution in [-0.2, 0) is 18.6 Å². The Morgan fingerprint density at radius 1 is 1.00 bits per heavy atom. The van der Waals surface area contributed by atoms with Gasteiger partial charge in [0.2, 0.25) is 5.91 Å². The first-order valence-corrected chi connectivity index (χ1v) is 10.3. The number of carbonyl (C=O) groups is 2. The summed E-state index contributed by atoms with van der Waals surface area (Å²) in [5.74, 6) is 0.491. The maximum absolute atomic E-state index is 11.5. The lowest BCUT2D eigenvalue weighted by molar-refractivity contribution is -0.121. The van der Waals surface area contributed by atoms with Crippen molar-refractivity contribution in [3.05, 3.63) is 0 Å². The highest BCUT2D eigenvalue weighted by Crippen LogP contribution is 2.15. The van der Waals surface area contributed by atoms with E-state index in [2.05, 4.69) is 24.5 Å². The molecule has 0 heterocycles. The molecule has 0 spiro atoms. The maximum atomic E-state index is 11.5. The van der Waals surface area contributed by atoms with E-state index in [0.29, 0.717) is 32.0 Å². The van der Waals surface area contributed by atoms with Crippen molar-refractivity contribution >= 4 is 20.0 Å². The van der Waals surface area contributed by atoms with Crippen LogP contribution in [0.5, 0.6) is 0 Å². The first-order chi connectivity index (χ1) is 11.4. The number of hydrogen-bond acceptors (Lipinski definition) is 5. The molecule has 140 valence electrons. The lowest BCUT2D eigenvalue weighted by Gasteiger charge is -2.08. The maximum Gasteiger partial charge on any atom is 0.504 e. The highest BCUT2D eigenvalue weighted by Gasteiger charge is 2.06. The fraction of sp³-hybridized carbons (Fsp3) is 0.875. The average Bonchev–Trinajstić information content (AvgIpc) is 2.51. The summed E-state index contributed by atoms with van der Waals surface area (Å²) >= 11 is 0. The fourth-order valence-electron chi connectivity index (χ4n) is 1.86. The molecule has 1 atom stereocenters. The van der Waals surface area contributed by atoms with Gasteiger partial charge in [0.15, 0.2) is 6.66 Å². The fourth-order valence-corrected chi connectivity index (χ4v) is 2.24. The molecule has 0 fully saturated rings. The van der Waals surface area contributed by atoms with Crippen molar-refractivity contribution < 1.29 is 23.4 Å². The molecule has 0 aromatic rings. The number of nitrogens with one attached hydrogen (secondary N) is 2. The number of alkyl carbamates (subject to hydrolysis) is 1. The predicted molar refractivity (Wildman–Crippen MR) is 94.4 cm³/mol. The van der Waals surface area contributed by atoms with Crippen molar-refractivity contribution in [2.75, 3.05) is 33.0 Å². The number of carbonyl (C=O) groups excluding carboxylic acids is 2. The highest BCUT2D eigenvalue weighted by molar-refractivity contribution is 7.38. The van der Waals surface area contributed by atoms with Gasteiger partial charge in [-0.25, -0.2) is 4.79 Å². The smallest absolute Gasteiger partial charge is 0.448 e. The Kier molecular flexibility index (Phi) is 14.6. The van der Waals surface area contributed by atoms with Crippen molar-refractivity contribution in [1.82, 2.24) is 10.6 Å². The van der Waals surface area contributed by atoms with Gasteiger partial charge in [0, 0.05) is 13.0 Å². The molecule has 0 aliphatic carbocycles. The summed E-state index contributed by atoms with van der Waals surface area (Å²) < 4.78 is 20.6. The Labute approximate surface area is 146 Å².